The summed E-state index contributed by atoms with van der Waals surface area (Å²) in [6, 6.07) is 9.96. The molecule has 29 heavy (non-hydrogen) atoms. The molecule has 1 N–H and O–H groups in total. The van der Waals surface area contributed by atoms with Crippen LogP contribution in [0.3, 0.4) is 0 Å². The summed E-state index contributed by atoms with van der Waals surface area (Å²) >= 11 is 1.20. The van der Waals surface area contributed by atoms with Gasteiger partial charge in [-0.1, -0.05) is 42.1 Å². The molecule has 2 amide bonds. The number of hydrogen-bond donors (Lipinski definition) is 1. The zero-order valence-electron chi connectivity index (χ0n) is 16.2. The van der Waals surface area contributed by atoms with Gasteiger partial charge in [-0.05, 0) is 25.3 Å². The van der Waals surface area contributed by atoms with Crippen molar-refractivity contribution in [2.75, 3.05) is 12.9 Å². The van der Waals surface area contributed by atoms with E-state index in [-0.39, 0.29) is 5.75 Å². The molecule has 0 unspecified atom stereocenters. The van der Waals surface area contributed by atoms with Crippen molar-refractivity contribution in [3.8, 4) is 0 Å². The number of thioether (sulfide) groups is 1. The predicted octanol–water partition coefficient (Wildman–Crippen LogP) is 2.11. The molecule has 0 saturated heterocycles. The Morgan fingerprint density at radius 1 is 1.24 bits per heavy atom. The van der Waals surface area contributed by atoms with Crippen molar-refractivity contribution in [2.24, 2.45) is 0 Å². The highest BCUT2D eigenvalue weighted by Gasteiger charge is 2.30. The number of amides is 2. The predicted molar refractivity (Wildman–Crippen MR) is 104 cm³/mol. The van der Waals surface area contributed by atoms with E-state index in [0.717, 1.165) is 31.3 Å². The molecule has 1 aromatic heterocycles. The maximum atomic E-state index is 12.1. The lowest BCUT2D eigenvalue weighted by atomic mass is 10.2. The van der Waals surface area contributed by atoms with Crippen LogP contribution >= 0.6 is 11.8 Å². The van der Waals surface area contributed by atoms with Crippen LogP contribution < -0.4 is 5.32 Å². The zero-order chi connectivity index (χ0) is 20.8. The first kappa shape index (κ1) is 20.8. The van der Waals surface area contributed by atoms with Gasteiger partial charge in [0.2, 0.25) is 0 Å². The summed E-state index contributed by atoms with van der Waals surface area (Å²) in [6.45, 7) is 2.00. The fourth-order valence-corrected chi connectivity index (χ4v) is 3.35. The number of nitrogens with zero attached hydrogens (tertiary/aromatic N) is 3. The van der Waals surface area contributed by atoms with E-state index in [1.165, 1.54) is 18.7 Å². The highest BCUT2D eigenvalue weighted by atomic mass is 32.2. The standard InChI is InChI=1S/C19H22N4O5S/c1-12(17(25)20-19(26)27-2)28-15(24)11-29-18-22-21-16(14-8-9-14)23(18)10-13-6-4-3-5-7-13/h3-7,12,14H,8-11H2,1-2H3,(H,20,25,26)/t12-/m0/s1. The fourth-order valence-electron chi connectivity index (χ4n) is 2.63. The van der Waals surface area contributed by atoms with Gasteiger partial charge in [-0.2, -0.15) is 0 Å². The Morgan fingerprint density at radius 2 is 1.97 bits per heavy atom. The first-order chi connectivity index (χ1) is 14.0. The molecule has 9 nitrogen and oxygen atoms in total. The molecule has 1 saturated carbocycles. The number of rotatable bonds is 8. The van der Waals surface area contributed by atoms with Crippen molar-refractivity contribution in [3.05, 3.63) is 41.7 Å². The van der Waals surface area contributed by atoms with E-state index < -0.39 is 24.1 Å². The summed E-state index contributed by atoms with van der Waals surface area (Å²) in [5, 5.41) is 11.1. The number of nitrogens with one attached hydrogen (secondary N) is 1. The van der Waals surface area contributed by atoms with Gasteiger partial charge in [0.1, 0.15) is 5.82 Å². The minimum absolute atomic E-state index is 0.0343. The van der Waals surface area contributed by atoms with E-state index in [9.17, 15) is 14.4 Å². The molecule has 0 bridgehead atoms. The van der Waals surface area contributed by atoms with Crippen LogP contribution in [0.1, 0.15) is 37.1 Å². The third-order valence-corrected chi connectivity index (χ3v) is 5.22. The van der Waals surface area contributed by atoms with E-state index in [4.69, 9.17) is 4.74 Å². The third kappa shape index (κ3) is 5.80. The van der Waals surface area contributed by atoms with Crippen LogP contribution in [0.4, 0.5) is 4.79 Å². The normalized spacial score (nSPS) is 14.1. The molecule has 0 spiro atoms. The molecule has 2 aromatic rings. The van der Waals surface area contributed by atoms with Gasteiger partial charge in [-0.15, -0.1) is 10.2 Å². The molecular formula is C19H22N4O5S. The molecule has 1 heterocycles. The summed E-state index contributed by atoms with van der Waals surface area (Å²) in [7, 11) is 1.14. The number of esters is 1. The summed E-state index contributed by atoms with van der Waals surface area (Å²) in [6.07, 6.45) is 0.152. The van der Waals surface area contributed by atoms with Crippen molar-refractivity contribution < 1.29 is 23.9 Å². The van der Waals surface area contributed by atoms with Crippen LogP contribution in [0.2, 0.25) is 0 Å². The van der Waals surface area contributed by atoms with Crippen LogP contribution in [-0.2, 0) is 25.6 Å². The number of ether oxygens (including phenoxy) is 2. The topological polar surface area (TPSA) is 112 Å². The largest absolute Gasteiger partial charge is 0.453 e. The molecule has 10 heteroatoms. The van der Waals surface area contributed by atoms with E-state index in [0.29, 0.717) is 17.6 Å². The monoisotopic (exact) mass is 418 g/mol. The SMILES string of the molecule is COC(=O)NC(=O)[C@H](C)OC(=O)CSc1nnc(C2CC2)n1Cc1ccccc1. The van der Waals surface area contributed by atoms with Crippen LogP contribution in [0.25, 0.3) is 0 Å². The average molecular weight is 418 g/mol. The van der Waals surface area contributed by atoms with Gasteiger partial charge in [0.05, 0.1) is 19.4 Å². The van der Waals surface area contributed by atoms with Gasteiger partial charge in [0.25, 0.3) is 5.91 Å². The molecule has 1 atom stereocenters. The first-order valence-electron chi connectivity index (χ1n) is 9.16. The Bertz CT molecular complexity index is 882. The molecule has 1 aliphatic rings. The Morgan fingerprint density at radius 3 is 2.62 bits per heavy atom. The number of alkyl carbamates (subject to hydrolysis) is 1. The summed E-state index contributed by atoms with van der Waals surface area (Å²) < 4.78 is 11.4. The van der Waals surface area contributed by atoms with Crippen LogP contribution in [0.15, 0.2) is 35.5 Å². The van der Waals surface area contributed by atoms with Crippen molar-refractivity contribution in [1.29, 1.82) is 0 Å². The Balaban J connectivity index is 1.59. The lowest BCUT2D eigenvalue weighted by Crippen LogP contribution is -2.39. The number of carbonyl (C=O) groups excluding carboxylic acids is 3. The number of methoxy groups -OCH3 is 1. The van der Waals surface area contributed by atoms with Crippen molar-refractivity contribution in [3.63, 3.8) is 0 Å². The zero-order valence-corrected chi connectivity index (χ0v) is 17.0. The highest BCUT2D eigenvalue weighted by molar-refractivity contribution is 7.99. The number of imide groups is 1. The Kier molecular flexibility index (Phi) is 6.86. The lowest BCUT2D eigenvalue weighted by molar-refractivity contribution is -0.152. The summed E-state index contributed by atoms with van der Waals surface area (Å²) in [5.74, 6) is -0.0405. The number of benzene rings is 1. The Labute approximate surface area is 172 Å². The smallest absolute Gasteiger partial charge is 0.413 e. The average Bonchev–Trinajstić information content (AvgIpc) is 3.48. The quantitative estimate of drug-likeness (QED) is 0.512. The van der Waals surface area contributed by atoms with Gasteiger partial charge in [-0.25, -0.2) is 4.79 Å². The molecular weight excluding hydrogens is 396 g/mol. The van der Waals surface area contributed by atoms with Crippen molar-refractivity contribution in [1.82, 2.24) is 20.1 Å². The second kappa shape index (κ2) is 9.55. The van der Waals surface area contributed by atoms with E-state index in [1.54, 1.807) is 0 Å². The molecule has 154 valence electrons. The van der Waals surface area contributed by atoms with Crippen molar-refractivity contribution >= 4 is 29.7 Å². The maximum Gasteiger partial charge on any atom is 0.413 e. The van der Waals surface area contributed by atoms with Gasteiger partial charge in [0, 0.05) is 5.92 Å². The molecule has 1 aromatic carbocycles. The maximum absolute atomic E-state index is 12.1. The molecule has 0 radical (unpaired) electrons. The van der Waals surface area contributed by atoms with Gasteiger partial charge < -0.3 is 14.0 Å². The van der Waals surface area contributed by atoms with Gasteiger partial charge in [-0.3, -0.25) is 14.9 Å². The number of carbonyl (C=O) groups is 3. The van der Waals surface area contributed by atoms with E-state index in [2.05, 4.69) is 14.9 Å². The molecule has 0 aliphatic heterocycles. The number of aromatic nitrogens is 3. The second-order valence-electron chi connectivity index (χ2n) is 6.59. The number of hydrogen-bond acceptors (Lipinski definition) is 8. The van der Waals surface area contributed by atoms with Crippen LogP contribution in [0.5, 0.6) is 0 Å². The molecule has 1 fully saturated rings. The lowest BCUT2D eigenvalue weighted by Gasteiger charge is -2.13. The second-order valence-corrected chi connectivity index (χ2v) is 7.53. The summed E-state index contributed by atoms with van der Waals surface area (Å²) in [4.78, 5) is 34.9. The van der Waals surface area contributed by atoms with Gasteiger partial charge >= 0.3 is 12.1 Å². The van der Waals surface area contributed by atoms with E-state index in [1.807, 2.05) is 40.2 Å². The minimum Gasteiger partial charge on any atom is -0.453 e. The van der Waals surface area contributed by atoms with Crippen LogP contribution in [0, 0.1) is 0 Å². The third-order valence-electron chi connectivity index (χ3n) is 4.28. The van der Waals surface area contributed by atoms with Crippen LogP contribution in [-0.4, -0.2) is 51.7 Å². The Hall–Kier alpha value is -2.88. The molecule has 3 rings (SSSR count). The fraction of sp³-hybridized carbons (Fsp3) is 0.421. The van der Waals surface area contributed by atoms with Crippen molar-refractivity contribution in [2.45, 2.75) is 43.5 Å². The van der Waals surface area contributed by atoms with Gasteiger partial charge in [0.15, 0.2) is 11.3 Å². The summed E-state index contributed by atoms with van der Waals surface area (Å²) in [5.41, 5.74) is 1.12. The first-order valence-corrected chi connectivity index (χ1v) is 10.1. The minimum atomic E-state index is -1.12. The highest BCUT2D eigenvalue weighted by Crippen LogP contribution is 2.40. The molecule has 1 aliphatic carbocycles. The van der Waals surface area contributed by atoms with E-state index >= 15 is 0 Å².